The van der Waals surface area contributed by atoms with Gasteiger partial charge in [0.1, 0.15) is 6.07 Å². The van der Waals surface area contributed by atoms with E-state index in [4.69, 9.17) is 16.9 Å². The van der Waals surface area contributed by atoms with Crippen LogP contribution in [0.15, 0.2) is 22.4 Å². The Labute approximate surface area is 95.3 Å². The van der Waals surface area contributed by atoms with Crippen molar-refractivity contribution in [2.75, 3.05) is 6.26 Å². The van der Waals surface area contributed by atoms with Gasteiger partial charge in [0.15, 0.2) is 0 Å². The number of hydrogen-bond donors (Lipinski definition) is 0. The fourth-order valence-corrected chi connectivity index (χ4v) is 3.22. The number of fused-ring (bicyclic) bond motifs is 1. The second kappa shape index (κ2) is 3.82. The Hall–Kier alpha value is -0.690. The lowest BCUT2D eigenvalue weighted by atomic mass is 10.2. The molecule has 14 heavy (non-hydrogen) atoms. The minimum Gasteiger partial charge on any atom is -0.192 e. The third kappa shape index (κ3) is 1.50. The first-order valence-electron chi connectivity index (χ1n) is 3.92. The van der Waals surface area contributed by atoms with E-state index in [1.165, 1.54) is 4.21 Å². The number of benzene rings is 1. The van der Waals surface area contributed by atoms with Gasteiger partial charge in [-0.2, -0.15) is 5.26 Å². The first-order chi connectivity index (χ1) is 6.76. The van der Waals surface area contributed by atoms with Gasteiger partial charge in [-0.15, -0.1) is 23.1 Å². The molecular weight excluding hydrogens is 234 g/mol. The Morgan fingerprint density at radius 3 is 2.93 bits per heavy atom. The summed E-state index contributed by atoms with van der Waals surface area (Å²) in [5.74, 6) is 0. The minimum absolute atomic E-state index is 0.703. The summed E-state index contributed by atoms with van der Waals surface area (Å²) in [6.07, 6.45) is 2.02. The van der Waals surface area contributed by atoms with Crippen molar-refractivity contribution in [2.24, 2.45) is 0 Å². The molecule has 1 aromatic heterocycles. The molecule has 0 atom stereocenters. The molecule has 2 rings (SSSR count). The number of rotatable bonds is 1. The Balaban J connectivity index is 2.83. The molecule has 0 saturated heterocycles. The average Bonchev–Trinajstić information content (AvgIpc) is 2.63. The molecule has 4 heteroatoms. The maximum Gasteiger partial charge on any atom is 0.101 e. The molecule has 1 aromatic carbocycles. The molecule has 70 valence electrons. The number of hydrogen-bond acceptors (Lipinski definition) is 3. The molecule has 0 amide bonds. The summed E-state index contributed by atoms with van der Waals surface area (Å²) in [6.45, 7) is 0. The van der Waals surface area contributed by atoms with Gasteiger partial charge in [-0.25, -0.2) is 0 Å². The Bertz CT molecular complexity index is 525. The standard InChI is InChI=1S/C10H6ClNS2/c1-13-9-4-7-8(11)3-2-6(5-12)10(7)14-9/h2-4H,1H3. The molecule has 0 saturated carbocycles. The van der Waals surface area contributed by atoms with Gasteiger partial charge in [-0.1, -0.05) is 11.6 Å². The number of nitrogens with zero attached hydrogens (tertiary/aromatic N) is 1. The van der Waals surface area contributed by atoms with E-state index in [9.17, 15) is 0 Å². The fraction of sp³-hybridized carbons (Fsp3) is 0.100. The van der Waals surface area contributed by atoms with Gasteiger partial charge in [0.25, 0.3) is 0 Å². The molecule has 1 heterocycles. The summed E-state index contributed by atoms with van der Waals surface area (Å²) < 4.78 is 2.17. The number of thioether (sulfide) groups is 1. The van der Waals surface area contributed by atoms with Crippen LogP contribution in [0.1, 0.15) is 5.56 Å². The van der Waals surface area contributed by atoms with E-state index in [2.05, 4.69) is 6.07 Å². The highest BCUT2D eigenvalue weighted by molar-refractivity contribution is 8.00. The van der Waals surface area contributed by atoms with Gasteiger partial charge in [0, 0.05) is 10.4 Å². The SMILES string of the molecule is CSc1cc2c(Cl)ccc(C#N)c2s1. The topological polar surface area (TPSA) is 23.8 Å². The summed E-state index contributed by atoms with van der Waals surface area (Å²) in [5.41, 5.74) is 0.703. The smallest absolute Gasteiger partial charge is 0.101 e. The zero-order chi connectivity index (χ0) is 10.1. The van der Waals surface area contributed by atoms with Crippen LogP contribution in [-0.4, -0.2) is 6.26 Å². The predicted molar refractivity (Wildman–Crippen MR) is 63.3 cm³/mol. The van der Waals surface area contributed by atoms with Crippen LogP contribution >= 0.6 is 34.7 Å². The van der Waals surface area contributed by atoms with E-state index >= 15 is 0 Å². The van der Waals surface area contributed by atoms with Gasteiger partial charge in [0.2, 0.25) is 0 Å². The van der Waals surface area contributed by atoms with Gasteiger partial charge in [0.05, 0.1) is 14.5 Å². The molecule has 0 unspecified atom stereocenters. The predicted octanol–water partition coefficient (Wildman–Crippen LogP) is 4.15. The zero-order valence-electron chi connectivity index (χ0n) is 7.37. The number of thiophene rings is 1. The van der Waals surface area contributed by atoms with Crippen molar-refractivity contribution in [3.63, 3.8) is 0 Å². The lowest BCUT2D eigenvalue weighted by Gasteiger charge is -1.94. The van der Waals surface area contributed by atoms with Gasteiger partial charge in [-0.05, 0) is 24.5 Å². The fourth-order valence-electron chi connectivity index (χ4n) is 1.26. The van der Waals surface area contributed by atoms with Crippen LogP contribution in [0, 0.1) is 11.3 Å². The maximum atomic E-state index is 8.92. The van der Waals surface area contributed by atoms with E-state index in [1.54, 1.807) is 35.2 Å². The summed E-state index contributed by atoms with van der Waals surface area (Å²) in [7, 11) is 0. The van der Waals surface area contributed by atoms with Crippen molar-refractivity contribution in [3.05, 3.63) is 28.8 Å². The van der Waals surface area contributed by atoms with Crippen molar-refractivity contribution in [1.82, 2.24) is 0 Å². The van der Waals surface area contributed by atoms with E-state index in [-0.39, 0.29) is 0 Å². The molecule has 2 aromatic rings. The van der Waals surface area contributed by atoms with Crippen LogP contribution in [0.3, 0.4) is 0 Å². The molecule has 0 fully saturated rings. The van der Waals surface area contributed by atoms with Crippen molar-refractivity contribution < 1.29 is 0 Å². The minimum atomic E-state index is 0.703. The molecule has 0 radical (unpaired) electrons. The van der Waals surface area contributed by atoms with Crippen LogP contribution in [0.2, 0.25) is 5.02 Å². The normalized spacial score (nSPS) is 10.4. The average molecular weight is 240 g/mol. The maximum absolute atomic E-state index is 8.92. The van der Waals surface area contributed by atoms with Gasteiger partial charge >= 0.3 is 0 Å². The van der Waals surface area contributed by atoms with E-state index in [1.807, 2.05) is 12.3 Å². The first kappa shape index (κ1) is 9.85. The first-order valence-corrected chi connectivity index (χ1v) is 6.34. The third-order valence-electron chi connectivity index (χ3n) is 1.93. The highest BCUT2D eigenvalue weighted by Gasteiger charge is 2.08. The second-order valence-electron chi connectivity index (χ2n) is 2.72. The largest absolute Gasteiger partial charge is 0.192 e. The van der Waals surface area contributed by atoms with Crippen LogP contribution in [0.4, 0.5) is 0 Å². The van der Waals surface area contributed by atoms with Gasteiger partial charge < -0.3 is 0 Å². The molecular formula is C10H6ClNS2. The number of nitriles is 1. The summed E-state index contributed by atoms with van der Waals surface area (Å²) in [4.78, 5) is 0. The summed E-state index contributed by atoms with van der Waals surface area (Å²) >= 11 is 9.34. The molecule has 0 aliphatic heterocycles. The second-order valence-corrected chi connectivity index (χ2v) is 5.29. The van der Waals surface area contributed by atoms with Crippen LogP contribution in [0.5, 0.6) is 0 Å². The van der Waals surface area contributed by atoms with Crippen molar-refractivity contribution in [3.8, 4) is 6.07 Å². The highest BCUT2D eigenvalue weighted by atomic mass is 35.5. The van der Waals surface area contributed by atoms with Crippen molar-refractivity contribution in [1.29, 1.82) is 5.26 Å². The van der Waals surface area contributed by atoms with E-state index < -0.39 is 0 Å². The summed E-state index contributed by atoms with van der Waals surface area (Å²) in [6, 6.07) is 7.76. The van der Waals surface area contributed by atoms with E-state index in [0.29, 0.717) is 5.56 Å². The quantitative estimate of drug-likeness (QED) is 0.698. The highest BCUT2D eigenvalue weighted by Crippen LogP contribution is 2.37. The molecule has 0 bridgehead atoms. The Morgan fingerprint density at radius 1 is 1.50 bits per heavy atom. The van der Waals surface area contributed by atoms with Crippen molar-refractivity contribution in [2.45, 2.75) is 4.21 Å². The van der Waals surface area contributed by atoms with Crippen LogP contribution in [0.25, 0.3) is 10.1 Å². The van der Waals surface area contributed by atoms with Crippen LogP contribution < -0.4 is 0 Å². The summed E-state index contributed by atoms with van der Waals surface area (Å²) in [5, 5.41) is 10.6. The monoisotopic (exact) mass is 239 g/mol. The molecule has 0 N–H and O–H groups in total. The van der Waals surface area contributed by atoms with Crippen molar-refractivity contribution >= 4 is 44.8 Å². The molecule has 0 aliphatic carbocycles. The Morgan fingerprint density at radius 2 is 2.29 bits per heavy atom. The van der Waals surface area contributed by atoms with E-state index in [0.717, 1.165) is 15.1 Å². The molecule has 0 spiro atoms. The zero-order valence-corrected chi connectivity index (χ0v) is 9.76. The Kier molecular flexibility index (Phi) is 2.69. The molecule has 0 aliphatic rings. The lowest BCUT2D eigenvalue weighted by molar-refractivity contribution is 1.51. The lowest BCUT2D eigenvalue weighted by Crippen LogP contribution is -1.73. The van der Waals surface area contributed by atoms with Crippen LogP contribution in [-0.2, 0) is 0 Å². The number of halogens is 1. The third-order valence-corrected chi connectivity index (χ3v) is 4.49. The molecule has 1 nitrogen and oxygen atoms in total. The van der Waals surface area contributed by atoms with Gasteiger partial charge in [-0.3, -0.25) is 0 Å².